The Morgan fingerprint density at radius 2 is 1.76 bits per heavy atom. The zero-order valence-electron chi connectivity index (χ0n) is 21.4. The molecular formula is C29H31N5O3S. The Bertz CT molecular complexity index is 1420. The SMILES string of the molecule is CCCC(=O)Nc1cccc(-n2ccnc2C(Cc2ccccc2)NC(=O)NS(=O)c2ccccc2C)c1. The monoisotopic (exact) mass is 529 g/mol. The lowest BCUT2D eigenvalue weighted by Crippen LogP contribution is -2.40. The molecule has 4 rings (SSSR count). The van der Waals surface area contributed by atoms with Crippen molar-refractivity contribution in [3.05, 3.63) is 108 Å². The van der Waals surface area contributed by atoms with Gasteiger partial charge in [0.2, 0.25) is 5.91 Å². The minimum Gasteiger partial charge on any atom is -0.327 e. The van der Waals surface area contributed by atoms with Crippen molar-refractivity contribution in [2.24, 2.45) is 0 Å². The third-order valence-electron chi connectivity index (χ3n) is 5.93. The van der Waals surface area contributed by atoms with Gasteiger partial charge in [0.25, 0.3) is 0 Å². The van der Waals surface area contributed by atoms with Crippen molar-refractivity contribution in [1.82, 2.24) is 19.6 Å². The number of benzene rings is 3. The predicted octanol–water partition coefficient (Wildman–Crippen LogP) is 5.23. The number of hydrogen-bond donors (Lipinski definition) is 3. The second-order valence-electron chi connectivity index (χ2n) is 8.86. The standard InChI is InChI=1S/C29H31N5O3S/c1-3-10-27(35)31-23-14-9-15-24(20-23)34-18-17-30-28(34)25(19-22-12-5-4-6-13-22)32-29(36)33-38(37)26-16-8-7-11-21(26)2/h4-9,11-18,20,25H,3,10,19H2,1-2H3,(H,31,35)(H2,32,33,36). The first-order valence-corrected chi connectivity index (χ1v) is 13.6. The van der Waals surface area contributed by atoms with Gasteiger partial charge < -0.3 is 15.2 Å². The lowest BCUT2D eigenvalue weighted by Gasteiger charge is -2.21. The Kier molecular flexibility index (Phi) is 9.05. The number of nitrogens with zero attached hydrogens (tertiary/aromatic N) is 2. The number of hydrogen-bond acceptors (Lipinski definition) is 4. The molecule has 0 aliphatic heterocycles. The molecule has 38 heavy (non-hydrogen) atoms. The number of carbonyl (C=O) groups excluding carboxylic acids is 2. The summed E-state index contributed by atoms with van der Waals surface area (Å²) >= 11 is 0. The van der Waals surface area contributed by atoms with Gasteiger partial charge in [-0.2, -0.15) is 0 Å². The van der Waals surface area contributed by atoms with Gasteiger partial charge in [0.05, 0.1) is 10.9 Å². The predicted molar refractivity (Wildman–Crippen MR) is 149 cm³/mol. The molecule has 1 aromatic heterocycles. The molecule has 0 aliphatic carbocycles. The molecule has 0 aliphatic rings. The maximum absolute atomic E-state index is 13.0. The van der Waals surface area contributed by atoms with Crippen molar-refractivity contribution < 1.29 is 13.8 Å². The van der Waals surface area contributed by atoms with Crippen LogP contribution in [0.4, 0.5) is 10.5 Å². The second kappa shape index (κ2) is 12.8. The number of carbonyl (C=O) groups is 2. The van der Waals surface area contributed by atoms with Crippen LogP contribution in [0.1, 0.15) is 42.8 Å². The second-order valence-corrected chi connectivity index (χ2v) is 10.0. The van der Waals surface area contributed by atoms with E-state index < -0.39 is 23.1 Å². The Morgan fingerprint density at radius 3 is 2.53 bits per heavy atom. The Morgan fingerprint density at radius 1 is 1.00 bits per heavy atom. The Balaban J connectivity index is 1.59. The maximum atomic E-state index is 13.0. The zero-order valence-corrected chi connectivity index (χ0v) is 22.2. The summed E-state index contributed by atoms with van der Waals surface area (Å²) in [6.07, 6.45) is 5.16. The van der Waals surface area contributed by atoms with Gasteiger partial charge in [-0.15, -0.1) is 0 Å². The topological polar surface area (TPSA) is 105 Å². The van der Waals surface area contributed by atoms with Gasteiger partial charge in [-0.25, -0.2) is 14.0 Å². The fraction of sp³-hybridized carbons (Fsp3) is 0.207. The average molecular weight is 530 g/mol. The number of anilines is 1. The summed E-state index contributed by atoms with van der Waals surface area (Å²) in [4.78, 5) is 30.2. The first kappa shape index (κ1) is 26.8. The fourth-order valence-corrected chi connectivity index (χ4v) is 5.02. The van der Waals surface area contributed by atoms with Gasteiger partial charge in [-0.05, 0) is 55.2 Å². The molecule has 8 nitrogen and oxygen atoms in total. The van der Waals surface area contributed by atoms with Crippen molar-refractivity contribution >= 4 is 28.6 Å². The molecule has 0 fully saturated rings. The minimum atomic E-state index is -1.72. The average Bonchev–Trinajstić information content (AvgIpc) is 3.39. The molecule has 0 bridgehead atoms. The van der Waals surface area contributed by atoms with Crippen molar-refractivity contribution in [1.29, 1.82) is 0 Å². The van der Waals surface area contributed by atoms with Crippen molar-refractivity contribution in [2.75, 3.05) is 5.32 Å². The van der Waals surface area contributed by atoms with Crippen LogP contribution in [0.2, 0.25) is 0 Å². The zero-order chi connectivity index (χ0) is 26.9. The van der Waals surface area contributed by atoms with E-state index in [1.807, 2.05) is 91.3 Å². The summed E-state index contributed by atoms with van der Waals surface area (Å²) in [5, 5.41) is 5.89. The molecule has 3 aromatic carbocycles. The van der Waals surface area contributed by atoms with Crippen LogP contribution < -0.4 is 15.4 Å². The first-order valence-electron chi connectivity index (χ1n) is 12.5. The summed E-state index contributed by atoms with van der Waals surface area (Å²) in [5.74, 6) is 0.556. The number of amides is 3. The van der Waals surface area contributed by atoms with E-state index in [1.54, 1.807) is 18.3 Å². The molecule has 1 heterocycles. The van der Waals surface area contributed by atoms with Crippen LogP contribution in [0.3, 0.4) is 0 Å². The van der Waals surface area contributed by atoms with E-state index in [1.165, 1.54) is 0 Å². The van der Waals surface area contributed by atoms with E-state index in [4.69, 9.17) is 0 Å². The Labute approximate surface area is 225 Å². The van der Waals surface area contributed by atoms with E-state index in [-0.39, 0.29) is 5.91 Å². The van der Waals surface area contributed by atoms with E-state index >= 15 is 0 Å². The number of urea groups is 1. The number of aromatic nitrogens is 2. The first-order chi connectivity index (χ1) is 18.4. The molecule has 2 atom stereocenters. The molecule has 3 N–H and O–H groups in total. The molecular weight excluding hydrogens is 498 g/mol. The van der Waals surface area contributed by atoms with E-state index in [0.717, 1.165) is 23.2 Å². The summed E-state index contributed by atoms with van der Waals surface area (Å²) < 4.78 is 17.3. The van der Waals surface area contributed by atoms with Gasteiger partial charge in [-0.1, -0.05) is 61.5 Å². The van der Waals surface area contributed by atoms with Crippen LogP contribution in [0, 0.1) is 6.92 Å². The van der Waals surface area contributed by atoms with Crippen LogP contribution in [-0.4, -0.2) is 25.7 Å². The summed E-state index contributed by atoms with van der Waals surface area (Å²) in [6.45, 7) is 3.81. The number of rotatable bonds is 10. The smallest absolute Gasteiger partial charge is 0.327 e. The highest BCUT2D eigenvalue weighted by atomic mass is 32.2. The van der Waals surface area contributed by atoms with Crippen LogP contribution >= 0.6 is 0 Å². The van der Waals surface area contributed by atoms with Crippen LogP contribution in [-0.2, 0) is 22.2 Å². The lowest BCUT2D eigenvalue weighted by molar-refractivity contribution is -0.116. The summed E-state index contributed by atoms with van der Waals surface area (Å²) in [5.41, 5.74) is 3.30. The molecule has 2 unspecified atom stereocenters. The lowest BCUT2D eigenvalue weighted by atomic mass is 10.1. The third kappa shape index (κ3) is 6.95. The molecule has 9 heteroatoms. The number of nitrogens with one attached hydrogen (secondary N) is 3. The molecule has 3 amide bonds. The van der Waals surface area contributed by atoms with Crippen LogP contribution in [0.15, 0.2) is 96.2 Å². The van der Waals surface area contributed by atoms with Gasteiger partial charge in [0, 0.05) is 30.2 Å². The normalized spacial score (nSPS) is 12.4. The van der Waals surface area contributed by atoms with E-state index in [0.29, 0.717) is 29.2 Å². The quantitative estimate of drug-likeness (QED) is 0.262. The van der Waals surface area contributed by atoms with Gasteiger partial charge in [0.15, 0.2) is 11.0 Å². The largest absolute Gasteiger partial charge is 0.327 e. The van der Waals surface area contributed by atoms with Crippen molar-refractivity contribution in [2.45, 2.75) is 44.0 Å². The number of imidazole rings is 1. The molecule has 196 valence electrons. The van der Waals surface area contributed by atoms with E-state index in [2.05, 4.69) is 20.3 Å². The van der Waals surface area contributed by atoms with Crippen molar-refractivity contribution in [3.63, 3.8) is 0 Å². The molecule has 0 radical (unpaired) electrons. The maximum Gasteiger partial charge on any atom is 0.327 e. The molecule has 0 spiro atoms. The molecule has 4 aromatic rings. The highest BCUT2D eigenvalue weighted by Crippen LogP contribution is 2.23. The van der Waals surface area contributed by atoms with Crippen molar-refractivity contribution in [3.8, 4) is 5.69 Å². The van der Waals surface area contributed by atoms with Crippen LogP contribution in [0.25, 0.3) is 5.69 Å². The third-order valence-corrected chi connectivity index (χ3v) is 7.16. The summed E-state index contributed by atoms with van der Waals surface area (Å²) in [6, 6.07) is 23.4. The minimum absolute atomic E-state index is 0.0440. The van der Waals surface area contributed by atoms with Gasteiger partial charge in [-0.3, -0.25) is 9.52 Å². The van der Waals surface area contributed by atoms with Crippen LogP contribution in [0.5, 0.6) is 0 Å². The summed E-state index contributed by atoms with van der Waals surface area (Å²) in [7, 11) is -1.72. The number of aryl methyl sites for hydroxylation is 1. The fourth-order valence-electron chi connectivity index (χ4n) is 4.12. The Hall–Kier alpha value is -4.24. The molecule has 0 saturated carbocycles. The van der Waals surface area contributed by atoms with Gasteiger partial charge in [0.1, 0.15) is 5.82 Å². The molecule has 0 saturated heterocycles. The van der Waals surface area contributed by atoms with Gasteiger partial charge >= 0.3 is 6.03 Å². The highest BCUT2D eigenvalue weighted by Gasteiger charge is 2.22. The highest BCUT2D eigenvalue weighted by molar-refractivity contribution is 7.83. The van der Waals surface area contributed by atoms with E-state index in [9.17, 15) is 13.8 Å².